The summed E-state index contributed by atoms with van der Waals surface area (Å²) in [6.45, 7) is 4.73. The zero-order valence-corrected chi connectivity index (χ0v) is 16.1. The van der Waals surface area contributed by atoms with Gasteiger partial charge in [0, 0.05) is 24.3 Å². The molecule has 2 saturated heterocycles. The number of ether oxygens (including phenoxy) is 1. The average molecular weight is 392 g/mol. The molecule has 6 nitrogen and oxygen atoms in total. The molecule has 0 radical (unpaired) electrons. The Morgan fingerprint density at radius 2 is 2.00 bits per heavy atom. The van der Waals surface area contributed by atoms with Gasteiger partial charge in [0.25, 0.3) is 11.1 Å². The van der Waals surface area contributed by atoms with Crippen molar-refractivity contribution in [2.75, 3.05) is 24.5 Å². The second-order valence-corrected chi connectivity index (χ2v) is 7.70. The van der Waals surface area contributed by atoms with Crippen molar-refractivity contribution in [3.8, 4) is 0 Å². The van der Waals surface area contributed by atoms with Crippen LogP contribution in [-0.4, -0.2) is 47.8 Å². The van der Waals surface area contributed by atoms with E-state index in [1.165, 1.54) is 12.1 Å². The van der Waals surface area contributed by atoms with E-state index >= 15 is 0 Å². The average Bonchev–Trinajstić information content (AvgIpc) is 3.21. The van der Waals surface area contributed by atoms with Crippen molar-refractivity contribution in [3.05, 3.63) is 34.5 Å². The normalized spacial score (nSPS) is 18.9. The Hall–Kier alpha value is -2.35. The van der Waals surface area contributed by atoms with Crippen LogP contribution in [0, 0.1) is 5.82 Å². The lowest BCUT2D eigenvalue weighted by Gasteiger charge is -2.17. The Balaban J connectivity index is 1.74. The summed E-state index contributed by atoms with van der Waals surface area (Å²) in [6, 6.07) is 4.86. The molecule has 2 heterocycles. The van der Waals surface area contributed by atoms with Crippen molar-refractivity contribution in [1.82, 2.24) is 4.90 Å². The number of thioether (sulfide) groups is 1. The van der Waals surface area contributed by atoms with Crippen LogP contribution in [0.25, 0.3) is 6.08 Å². The van der Waals surface area contributed by atoms with Crippen LogP contribution >= 0.6 is 11.8 Å². The standard InChI is InChI=1S/C19H21FN2O4S/c1-12(2)26-17(23)11-22-18(24)16(27-19(22)25)9-13-5-6-14(10-15(13)20)21-7-3-4-8-21/h5-6,9-10,12H,3-4,7-8,11H2,1-2H3/b16-9+. The van der Waals surface area contributed by atoms with Gasteiger partial charge in [0.1, 0.15) is 12.4 Å². The Kier molecular flexibility index (Phi) is 5.84. The van der Waals surface area contributed by atoms with Crippen molar-refractivity contribution in [3.63, 3.8) is 0 Å². The molecule has 0 aliphatic carbocycles. The fourth-order valence-electron chi connectivity index (χ4n) is 3.01. The van der Waals surface area contributed by atoms with Gasteiger partial charge in [0.05, 0.1) is 11.0 Å². The number of hydrogen-bond donors (Lipinski definition) is 0. The lowest BCUT2D eigenvalue weighted by Crippen LogP contribution is -2.35. The molecular formula is C19H21FN2O4S. The predicted octanol–water partition coefficient (Wildman–Crippen LogP) is 3.41. The van der Waals surface area contributed by atoms with Crippen molar-refractivity contribution in [2.45, 2.75) is 32.8 Å². The number of amides is 2. The van der Waals surface area contributed by atoms with Crippen LogP contribution < -0.4 is 4.90 Å². The Morgan fingerprint density at radius 3 is 2.63 bits per heavy atom. The maximum absolute atomic E-state index is 14.5. The summed E-state index contributed by atoms with van der Waals surface area (Å²) in [5, 5.41) is -0.568. The highest BCUT2D eigenvalue weighted by molar-refractivity contribution is 8.18. The highest BCUT2D eigenvalue weighted by Gasteiger charge is 2.37. The minimum atomic E-state index is -0.658. The maximum Gasteiger partial charge on any atom is 0.326 e. The molecule has 1 aromatic rings. The van der Waals surface area contributed by atoms with E-state index in [-0.39, 0.29) is 16.6 Å². The monoisotopic (exact) mass is 392 g/mol. The fraction of sp³-hybridized carbons (Fsp3) is 0.421. The topological polar surface area (TPSA) is 66.9 Å². The summed E-state index contributed by atoms with van der Waals surface area (Å²) < 4.78 is 19.4. The van der Waals surface area contributed by atoms with E-state index < -0.39 is 29.5 Å². The second kappa shape index (κ2) is 8.12. The van der Waals surface area contributed by atoms with Gasteiger partial charge >= 0.3 is 5.97 Å². The van der Waals surface area contributed by atoms with Gasteiger partial charge in [-0.15, -0.1) is 0 Å². The van der Waals surface area contributed by atoms with Crippen molar-refractivity contribution < 1.29 is 23.5 Å². The summed E-state index contributed by atoms with van der Waals surface area (Å²) in [5.41, 5.74) is 1.04. The summed E-state index contributed by atoms with van der Waals surface area (Å²) in [5.74, 6) is -1.73. The second-order valence-electron chi connectivity index (χ2n) is 6.71. The van der Waals surface area contributed by atoms with E-state index in [1.807, 2.05) is 6.07 Å². The molecule has 0 spiro atoms. The molecule has 27 heavy (non-hydrogen) atoms. The van der Waals surface area contributed by atoms with E-state index in [1.54, 1.807) is 19.9 Å². The number of carbonyl (C=O) groups excluding carboxylic acids is 3. The predicted molar refractivity (Wildman–Crippen MR) is 102 cm³/mol. The lowest BCUT2D eigenvalue weighted by atomic mass is 10.1. The Morgan fingerprint density at radius 1 is 1.30 bits per heavy atom. The molecule has 2 aliphatic rings. The summed E-state index contributed by atoms with van der Waals surface area (Å²) in [4.78, 5) is 39.2. The molecule has 2 amide bonds. The molecule has 0 aromatic heterocycles. The number of carbonyl (C=O) groups is 3. The van der Waals surface area contributed by atoms with Crippen LogP contribution in [0.5, 0.6) is 0 Å². The third-order valence-corrected chi connectivity index (χ3v) is 5.18. The molecule has 8 heteroatoms. The third-order valence-electron chi connectivity index (χ3n) is 4.27. The summed E-state index contributed by atoms with van der Waals surface area (Å²) in [7, 11) is 0. The SMILES string of the molecule is CC(C)OC(=O)CN1C(=O)S/C(=C/c2ccc(N3CCCC3)cc2F)C1=O. The molecule has 2 aliphatic heterocycles. The molecule has 0 bridgehead atoms. The highest BCUT2D eigenvalue weighted by Crippen LogP contribution is 2.33. The number of esters is 1. The number of nitrogens with zero attached hydrogens (tertiary/aromatic N) is 2. The minimum Gasteiger partial charge on any atom is -0.462 e. The van der Waals surface area contributed by atoms with E-state index in [4.69, 9.17) is 4.74 Å². The minimum absolute atomic E-state index is 0.0881. The fourth-order valence-corrected chi connectivity index (χ4v) is 3.84. The lowest BCUT2D eigenvalue weighted by molar-refractivity contribution is -0.149. The van der Waals surface area contributed by atoms with E-state index in [2.05, 4.69) is 4.90 Å². The van der Waals surface area contributed by atoms with Gasteiger partial charge in [0.15, 0.2) is 0 Å². The van der Waals surface area contributed by atoms with Crippen LogP contribution in [0.3, 0.4) is 0 Å². The first kappa shape index (κ1) is 19.4. The van der Waals surface area contributed by atoms with Crippen LogP contribution in [0.1, 0.15) is 32.3 Å². The number of rotatable bonds is 5. The van der Waals surface area contributed by atoms with Crippen LogP contribution in [0.4, 0.5) is 14.9 Å². The maximum atomic E-state index is 14.5. The van der Waals surface area contributed by atoms with Crippen molar-refractivity contribution in [1.29, 1.82) is 0 Å². The number of benzene rings is 1. The highest BCUT2D eigenvalue weighted by atomic mass is 32.2. The molecule has 0 saturated carbocycles. The molecule has 2 fully saturated rings. The zero-order valence-electron chi connectivity index (χ0n) is 15.2. The zero-order chi connectivity index (χ0) is 19.6. The van der Waals surface area contributed by atoms with Crippen molar-refractivity contribution >= 4 is 40.6 Å². The molecular weight excluding hydrogens is 371 g/mol. The van der Waals surface area contributed by atoms with Gasteiger partial charge in [0.2, 0.25) is 0 Å². The summed E-state index contributed by atoms with van der Waals surface area (Å²) >= 11 is 0.689. The van der Waals surface area contributed by atoms with Crippen LogP contribution in [0.2, 0.25) is 0 Å². The van der Waals surface area contributed by atoms with E-state index in [0.29, 0.717) is 11.8 Å². The van der Waals surface area contributed by atoms with Gasteiger partial charge in [-0.3, -0.25) is 19.3 Å². The number of halogens is 1. The molecule has 0 atom stereocenters. The third kappa shape index (κ3) is 4.50. The van der Waals surface area contributed by atoms with Crippen LogP contribution in [-0.2, 0) is 14.3 Å². The van der Waals surface area contributed by atoms with Gasteiger partial charge in [-0.05, 0) is 62.7 Å². The molecule has 1 aromatic carbocycles. The number of anilines is 1. The van der Waals surface area contributed by atoms with Gasteiger partial charge in [-0.25, -0.2) is 4.39 Å². The molecule has 144 valence electrons. The largest absolute Gasteiger partial charge is 0.462 e. The first-order valence-electron chi connectivity index (χ1n) is 8.84. The molecule has 0 N–H and O–H groups in total. The first-order chi connectivity index (χ1) is 12.8. The number of hydrogen-bond acceptors (Lipinski definition) is 6. The van der Waals surface area contributed by atoms with E-state index in [9.17, 15) is 18.8 Å². The van der Waals surface area contributed by atoms with Crippen molar-refractivity contribution in [2.24, 2.45) is 0 Å². The van der Waals surface area contributed by atoms with Gasteiger partial charge in [-0.2, -0.15) is 0 Å². The number of imide groups is 1. The molecule has 0 unspecified atom stereocenters. The molecule has 3 rings (SSSR count). The van der Waals surface area contributed by atoms with Gasteiger partial charge < -0.3 is 9.64 Å². The summed E-state index contributed by atoms with van der Waals surface area (Å²) in [6.07, 6.45) is 3.20. The van der Waals surface area contributed by atoms with Gasteiger partial charge in [-0.1, -0.05) is 0 Å². The van der Waals surface area contributed by atoms with Crippen LogP contribution in [0.15, 0.2) is 23.1 Å². The quantitative estimate of drug-likeness (QED) is 0.565. The van der Waals surface area contributed by atoms with E-state index in [0.717, 1.165) is 36.5 Å². The first-order valence-corrected chi connectivity index (χ1v) is 9.66. The Labute approximate surface area is 161 Å². The smallest absolute Gasteiger partial charge is 0.326 e. The Bertz CT molecular complexity index is 803.